The van der Waals surface area contributed by atoms with E-state index in [1.54, 1.807) is 30.6 Å². The molecule has 2 heterocycles. The van der Waals surface area contributed by atoms with Gasteiger partial charge in [-0.1, -0.05) is 23.7 Å². The van der Waals surface area contributed by atoms with Crippen LogP contribution < -0.4 is 16.0 Å². The fraction of sp³-hybridized carbons (Fsp3) is 0.100. The third-order valence-corrected chi connectivity index (χ3v) is 3.90. The zero-order valence-corrected chi connectivity index (χ0v) is 15.7. The van der Waals surface area contributed by atoms with Gasteiger partial charge in [0.2, 0.25) is 5.91 Å². The van der Waals surface area contributed by atoms with Crippen LogP contribution in [0.4, 0.5) is 17.3 Å². The summed E-state index contributed by atoms with van der Waals surface area (Å²) in [6, 6.07) is 14.6. The van der Waals surface area contributed by atoms with Gasteiger partial charge in [-0.3, -0.25) is 9.78 Å². The van der Waals surface area contributed by atoms with Crippen LogP contribution in [-0.2, 0) is 4.79 Å². The Hall–Kier alpha value is -3.45. The van der Waals surface area contributed by atoms with Crippen molar-refractivity contribution in [2.24, 2.45) is 0 Å². The number of rotatable bonds is 8. The third-order valence-electron chi connectivity index (χ3n) is 3.64. The molecule has 0 radical (unpaired) electrons. The molecule has 2 aromatic heterocycles. The average molecular weight is 395 g/mol. The van der Waals surface area contributed by atoms with Gasteiger partial charge in [-0.05, 0) is 48.0 Å². The lowest BCUT2D eigenvalue weighted by Gasteiger charge is -2.07. The largest absolute Gasteiger partial charge is 0.367 e. The minimum atomic E-state index is -0.167. The summed E-state index contributed by atoms with van der Waals surface area (Å²) >= 11 is 5.83. The number of halogens is 1. The van der Waals surface area contributed by atoms with Gasteiger partial charge in [0.05, 0.1) is 0 Å². The molecule has 3 N–H and O–H groups in total. The summed E-state index contributed by atoms with van der Waals surface area (Å²) in [6.07, 6.45) is 6.62. The van der Waals surface area contributed by atoms with Gasteiger partial charge in [-0.15, -0.1) is 10.2 Å². The number of nitrogens with one attached hydrogen (secondary N) is 3. The van der Waals surface area contributed by atoms with Crippen molar-refractivity contribution in [3.05, 3.63) is 77.6 Å². The van der Waals surface area contributed by atoms with Crippen LogP contribution in [0.5, 0.6) is 0 Å². The highest BCUT2D eigenvalue weighted by molar-refractivity contribution is 6.30. The molecular weight excluding hydrogens is 376 g/mol. The molecule has 0 saturated carbocycles. The van der Waals surface area contributed by atoms with E-state index in [4.69, 9.17) is 11.6 Å². The molecule has 0 fully saturated rings. The Morgan fingerprint density at radius 2 is 1.64 bits per heavy atom. The predicted molar refractivity (Wildman–Crippen MR) is 112 cm³/mol. The monoisotopic (exact) mass is 394 g/mol. The number of carbonyl (C=O) groups is 1. The van der Waals surface area contributed by atoms with Gasteiger partial charge in [0, 0.05) is 42.3 Å². The second-order valence-corrected chi connectivity index (χ2v) is 6.20. The summed E-state index contributed by atoms with van der Waals surface area (Å²) < 4.78 is 0. The van der Waals surface area contributed by atoms with E-state index in [9.17, 15) is 4.79 Å². The van der Waals surface area contributed by atoms with Crippen LogP contribution >= 0.6 is 11.6 Å². The predicted octanol–water partition coefficient (Wildman–Crippen LogP) is 3.51. The normalized spacial score (nSPS) is 10.6. The topological polar surface area (TPSA) is 91.8 Å². The molecule has 28 heavy (non-hydrogen) atoms. The number of carbonyl (C=O) groups excluding carboxylic acids is 1. The number of nitrogens with zero attached hydrogens (tertiary/aromatic N) is 3. The van der Waals surface area contributed by atoms with E-state index in [1.807, 2.05) is 36.4 Å². The van der Waals surface area contributed by atoms with Gasteiger partial charge in [-0.25, -0.2) is 0 Å². The summed E-state index contributed by atoms with van der Waals surface area (Å²) in [5, 5.41) is 17.9. The van der Waals surface area contributed by atoms with Crippen molar-refractivity contribution in [3.63, 3.8) is 0 Å². The average Bonchev–Trinajstić information content (AvgIpc) is 2.73. The Bertz CT molecular complexity index is 914. The molecule has 0 spiro atoms. The quantitative estimate of drug-likeness (QED) is 0.400. The van der Waals surface area contributed by atoms with Crippen molar-refractivity contribution in [2.45, 2.75) is 0 Å². The first-order valence-electron chi connectivity index (χ1n) is 8.65. The molecule has 3 aromatic rings. The van der Waals surface area contributed by atoms with Gasteiger partial charge < -0.3 is 16.0 Å². The molecule has 0 aliphatic heterocycles. The van der Waals surface area contributed by atoms with Crippen molar-refractivity contribution in [3.8, 4) is 0 Å². The lowest BCUT2D eigenvalue weighted by molar-refractivity contribution is -0.116. The van der Waals surface area contributed by atoms with Crippen LogP contribution in [0.15, 0.2) is 67.0 Å². The molecule has 0 unspecified atom stereocenters. The van der Waals surface area contributed by atoms with E-state index in [1.165, 1.54) is 6.08 Å². The standard InChI is InChI=1S/C20H19ClN6O/c21-16-4-1-15(2-5-16)3-8-20(28)24-14-13-23-18-6-7-19(27-26-18)25-17-9-11-22-12-10-17/h1-12H,13-14H2,(H,23,26)(H,24,28)(H,22,25,27)/b8-3+. The van der Waals surface area contributed by atoms with E-state index >= 15 is 0 Å². The maximum Gasteiger partial charge on any atom is 0.244 e. The second-order valence-electron chi connectivity index (χ2n) is 5.77. The lowest BCUT2D eigenvalue weighted by atomic mass is 10.2. The number of benzene rings is 1. The molecular formula is C20H19ClN6O. The number of aromatic nitrogens is 3. The highest BCUT2D eigenvalue weighted by atomic mass is 35.5. The molecule has 0 aliphatic rings. The van der Waals surface area contributed by atoms with Gasteiger partial charge in [0.15, 0.2) is 5.82 Å². The minimum absolute atomic E-state index is 0.167. The Labute approximate surface area is 167 Å². The van der Waals surface area contributed by atoms with Crippen LogP contribution in [-0.4, -0.2) is 34.2 Å². The maximum atomic E-state index is 11.8. The number of amides is 1. The van der Waals surface area contributed by atoms with E-state index in [0.29, 0.717) is 29.7 Å². The fourth-order valence-corrected chi connectivity index (χ4v) is 2.38. The first kappa shape index (κ1) is 19.3. The molecule has 7 nitrogen and oxygen atoms in total. The second kappa shape index (κ2) is 10.0. The first-order valence-corrected chi connectivity index (χ1v) is 9.03. The van der Waals surface area contributed by atoms with Gasteiger partial charge in [-0.2, -0.15) is 0 Å². The Morgan fingerprint density at radius 1 is 0.929 bits per heavy atom. The van der Waals surface area contributed by atoms with Gasteiger partial charge in [0.25, 0.3) is 0 Å². The van der Waals surface area contributed by atoms with Crippen molar-refractivity contribution >= 4 is 40.9 Å². The first-order chi connectivity index (χ1) is 13.7. The molecule has 0 aliphatic carbocycles. The summed E-state index contributed by atoms with van der Waals surface area (Å²) in [7, 11) is 0. The number of hydrogen-bond donors (Lipinski definition) is 3. The summed E-state index contributed by atoms with van der Waals surface area (Å²) in [6.45, 7) is 0.995. The van der Waals surface area contributed by atoms with Crippen molar-refractivity contribution < 1.29 is 4.79 Å². The van der Waals surface area contributed by atoms with E-state index < -0.39 is 0 Å². The number of hydrogen-bond acceptors (Lipinski definition) is 6. The van der Waals surface area contributed by atoms with Crippen molar-refractivity contribution in [1.82, 2.24) is 20.5 Å². The fourth-order valence-electron chi connectivity index (χ4n) is 2.26. The zero-order valence-electron chi connectivity index (χ0n) is 15.0. The lowest BCUT2D eigenvalue weighted by Crippen LogP contribution is -2.27. The molecule has 3 rings (SSSR count). The zero-order chi connectivity index (χ0) is 19.6. The molecule has 142 valence electrons. The minimum Gasteiger partial charge on any atom is -0.367 e. The highest BCUT2D eigenvalue weighted by Crippen LogP contribution is 2.13. The molecule has 1 aromatic carbocycles. The molecule has 0 saturated heterocycles. The smallest absolute Gasteiger partial charge is 0.244 e. The summed E-state index contributed by atoms with van der Waals surface area (Å²) in [4.78, 5) is 15.8. The SMILES string of the molecule is O=C(/C=C/c1ccc(Cl)cc1)NCCNc1ccc(Nc2ccncc2)nn1. The highest BCUT2D eigenvalue weighted by Gasteiger charge is 1.99. The Kier molecular flexibility index (Phi) is 6.92. The van der Waals surface area contributed by atoms with Crippen LogP contribution in [0.25, 0.3) is 6.08 Å². The van der Waals surface area contributed by atoms with Crippen LogP contribution in [0.2, 0.25) is 5.02 Å². The Balaban J connectivity index is 1.37. The third kappa shape index (κ3) is 6.37. The van der Waals surface area contributed by atoms with Crippen molar-refractivity contribution in [1.29, 1.82) is 0 Å². The van der Waals surface area contributed by atoms with E-state index in [-0.39, 0.29) is 5.91 Å². The summed E-state index contributed by atoms with van der Waals surface area (Å²) in [5.41, 5.74) is 1.80. The van der Waals surface area contributed by atoms with Crippen LogP contribution in [0.1, 0.15) is 5.56 Å². The molecule has 8 heteroatoms. The Morgan fingerprint density at radius 3 is 2.36 bits per heavy atom. The van der Waals surface area contributed by atoms with Gasteiger partial charge in [0.1, 0.15) is 5.82 Å². The van der Waals surface area contributed by atoms with E-state index in [2.05, 4.69) is 31.1 Å². The van der Waals surface area contributed by atoms with Gasteiger partial charge >= 0.3 is 0 Å². The van der Waals surface area contributed by atoms with Crippen LogP contribution in [0, 0.1) is 0 Å². The molecule has 1 amide bonds. The summed E-state index contributed by atoms with van der Waals surface area (Å²) in [5.74, 6) is 1.10. The number of pyridine rings is 1. The van der Waals surface area contributed by atoms with Crippen LogP contribution in [0.3, 0.4) is 0 Å². The number of anilines is 3. The van der Waals surface area contributed by atoms with E-state index in [0.717, 1.165) is 11.3 Å². The van der Waals surface area contributed by atoms with Crippen molar-refractivity contribution in [2.75, 3.05) is 23.7 Å². The maximum absolute atomic E-state index is 11.8. The molecule has 0 bridgehead atoms. The molecule has 0 atom stereocenters.